The number of para-hydroxylation sites is 2. The Morgan fingerprint density at radius 1 is 0.717 bits per heavy atom. The Balaban J connectivity index is 0.00000320. The normalized spacial score (nSPS) is 11.6. The van der Waals surface area contributed by atoms with Crippen LogP contribution in [0.15, 0.2) is 107 Å². The first-order valence-electron chi connectivity index (χ1n) is 17.2. The van der Waals surface area contributed by atoms with Gasteiger partial charge in [0.25, 0.3) is 0 Å². The van der Waals surface area contributed by atoms with Gasteiger partial charge >= 0.3 is 59.1 Å². The van der Waals surface area contributed by atoms with Crippen LogP contribution in [0.5, 0.6) is 0 Å². The van der Waals surface area contributed by atoms with Crippen LogP contribution in [0.2, 0.25) is 5.28 Å². The Bertz CT molecular complexity index is 2570. The van der Waals surface area contributed by atoms with Gasteiger partial charge in [-0.2, -0.15) is 19.9 Å². The van der Waals surface area contributed by atoms with Gasteiger partial charge in [-0.25, -0.2) is 18.4 Å². The zero-order valence-electron chi connectivity index (χ0n) is 32.3. The van der Waals surface area contributed by atoms with Crippen LogP contribution in [0.25, 0.3) is 12.2 Å². The molecule has 6 rings (SSSR count). The predicted octanol–water partition coefficient (Wildman–Crippen LogP) is -1.43. The average Bonchev–Trinajstić information content (AvgIpc) is 3.18. The summed E-state index contributed by atoms with van der Waals surface area (Å²) in [7, 11) is -7.73. The molecule has 0 aliphatic carbocycles. The van der Waals surface area contributed by atoms with E-state index in [9.17, 15) is 31.6 Å². The second-order valence-corrected chi connectivity index (χ2v) is 14.9. The van der Waals surface area contributed by atoms with E-state index in [0.717, 1.165) is 5.69 Å². The van der Waals surface area contributed by atoms with Gasteiger partial charge in [0.15, 0.2) is 5.82 Å². The van der Waals surface area contributed by atoms with Gasteiger partial charge in [-0.15, -0.1) is 0 Å². The topological polar surface area (TPSA) is 275 Å². The summed E-state index contributed by atoms with van der Waals surface area (Å²) >= 11 is 6.15. The first-order valence-corrected chi connectivity index (χ1v) is 20.1. The van der Waals surface area contributed by atoms with E-state index in [0.29, 0.717) is 16.8 Å². The summed E-state index contributed by atoms with van der Waals surface area (Å²) in [6, 6.07) is 26.4. The second-order valence-electron chi connectivity index (χ2n) is 12.3. The maximum absolute atomic E-state index is 12.5. The van der Waals surface area contributed by atoms with Gasteiger partial charge in [0, 0.05) is 30.8 Å². The molecule has 0 saturated heterocycles. The van der Waals surface area contributed by atoms with Crippen molar-refractivity contribution in [3.63, 3.8) is 0 Å². The van der Waals surface area contributed by atoms with Gasteiger partial charge in [0.2, 0.25) is 17.2 Å². The molecule has 1 atom stereocenters. The van der Waals surface area contributed by atoms with Crippen LogP contribution < -0.4 is 75.1 Å². The Labute approximate surface area is 396 Å². The molecule has 6 aromatic rings. The number of nitrogens with one attached hydrogen (secondary N) is 3. The van der Waals surface area contributed by atoms with Crippen LogP contribution in [-0.2, 0) is 42.1 Å². The summed E-state index contributed by atoms with van der Waals surface area (Å²) in [5, 5.41) is 28.4. The van der Waals surface area contributed by atoms with Crippen molar-refractivity contribution in [2.24, 2.45) is 0 Å². The number of anilines is 4. The third-order valence-corrected chi connectivity index (χ3v) is 9.96. The molecule has 2 heterocycles. The monoisotopic (exact) mass is 890 g/mol. The SMILES string of the molecule is O=[S-](=O)c1cc(Cc2nc(Cl)nc(Nc3ccccc3)n2)ccc1/C=C/c1ccc(Cc2nc(Nc3ccccc3)nc(C(CO)NCCO)n2)cc1S(=O)(=O)[O-].[Na+].[Na+].[OH-]. The molecule has 1 unspecified atom stereocenters. The van der Waals surface area contributed by atoms with Gasteiger partial charge < -0.3 is 44.6 Å². The number of hydrogen-bond acceptors (Lipinski definition) is 18. The molecule has 0 aliphatic heterocycles. The first kappa shape index (κ1) is 50.6. The van der Waals surface area contributed by atoms with E-state index >= 15 is 0 Å². The van der Waals surface area contributed by atoms with Crippen LogP contribution in [0, 0.1) is 0 Å². The Morgan fingerprint density at radius 3 is 1.80 bits per heavy atom. The molecule has 4 aromatic carbocycles. The molecule has 0 fully saturated rings. The number of aliphatic hydroxyl groups excluding tert-OH is 2. The summed E-state index contributed by atoms with van der Waals surface area (Å²) in [6.45, 7) is -0.418. The molecule has 0 bridgehead atoms. The number of nitrogens with zero attached hydrogens (tertiary/aromatic N) is 6. The van der Waals surface area contributed by atoms with Crippen LogP contribution in [0.4, 0.5) is 23.3 Å². The third kappa shape index (κ3) is 14.4. The largest absolute Gasteiger partial charge is 1.00 e. The first-order chi connectivity index (χ1) is 27.5. The zero-order chi connectivity index (χ0) is 40.4. The van der Waals surface area contributed by atoms with E-state index < -0.39 is 31.8 Å². The number of rotatable bonds is 17. The second kappa shape index (κ2) is 24.0. The van der Waals surface area contributed by atoms with Crippen molar-refractivity contribution in [3.05, 3.63) is 142 Å². The van der Waals surface area contributed by atoms with E-state index in [-0.39, 0.29) is 148 Å². The van der Waals surface area contributed by atoms with E-state index in [1.165, 1.54) is 36.4 Å². The van der Waals surface area contributed by atoms with Gasteiger partial charge in [0.05, 0.1) is 24.2 Å². The minimum atomic E-state index is -5.02. The van der Waals surface area contributed by atoms with Crippen molar-refractivity contribution in [2.45, 2.75) is 28.7 Å². The molecule has 0 radical (unpaired) electrons. The molecule has 0 saturated carbocycles. The summed E-state index contributed by atoms with van der Waals surface area (Å²) in [4.78, 5) is 25.4. The number of aliphatic hydroxyl groups is 2. The molecule has 0 aliphatic rings. The number of benzene rings is 4. The van der Waals surface area contributed by atoms with Crippen LogP contribution in [0.1, 0.15) is 45.8 Å². The molecule has 60 heavy (non-hydrogen) atoms. The summed E-state index contributed by atoms with van der Waals surface area (Å²) < 4.78 is 62.3. The van der Waals surface area contributed by atoms with E-state index in [1.807, 2.05) is 48.5 Å². The standard InChI is InChI=1S/C38H35ClN9O7S2.2Na.H2O/c39-36-44-34(46-38(48-36)42-29-9-5-2-6-10-29)21-24-11-13-26(31(19-24)56(51)52)15-16-27-14-12-25(20-32(27)57(53,54)55)22-33-43-35(30(23-50)40-17-18-49)47-37(45-33)41-28-7-3-1-4-8-28;;;/h1-16,19-20,30,40,49-50H,17-18,21-23H2,(H,53,54,55)(H,41,43,45,47)(H,42,44,46,48);;;1H2/q-1;2*+1;/p-2/b16-15+;;;. The molecular weight excluding hydrogens is 856 g/mol. The van der Waals surface area contributed by atoms with E-state index in [4.69, 9.17) is 11.6 Å². The van der Waals surface area contributed by atoms with Gasteiger partial charge in [-0.3, -0.25) is 0 Å². The van der Waals surface area contributed by atoms with Crippen molar-refractivity contribution in [3.8, 4) is 0 Å². The van der Waals surface area contributed by atoms with Gasteiger partial charge in [-0.1, -0.05) is 83.8 Å². The maximum atomic E-state index is 12.5. The number of halogens is 1. The Hall–Kier alpha value is -3.77. The van der Waals surface area contributed by atoms with E-state index in [2.05, 4.69) is 45.9 Å². The van der Waals surface area contributed by atoms with Crippen LogP contribution >= 0.6 is 11.6 Å². The van der Waals surface area contributed by atoms with Gasteiger partial charge in [0.1, 0.15) is 21.8 Å². The molecular formula is C38H35ClN9Na2O8S2-. The van der Waals surface area contributed by atoms with Crippen molar-refractivity contribution >= 4 is 67.8 Å². The Morgan fingerprint density at radius 2 is 1.25 bits per heavy atom. The van der Waals surface area contributed by atoms with E-state index in [1.54, 1.807) is 24.3 Å². The van der Waals surface area contributed by atoms with Crippen molar-refractivity contribution in [2.75, 3.05) is 30.4 Å². The molecule has 22 heteroatoms. The fourth-order valence-corrected chi connectivity index (χ4v) is 7.06. The summed E-state index contributed by atoms with van der Waals surface area (Å²) in [5.41, 5.74) is 2.59. The van der Waals surface area contributed by atoms with Crippen LogP contribution in [-0.4, -0.2) is 78.3 Å². The number of aromatic nitrogens is 6. The molecule has 0 spiro atoms. The smallest absolute Gasteiger partial charge is 0.870 e. The Kier molecular flexibility index (Phi) is 20.3. The molecule has 0 amide bonds. The maximum Gasteiger partial charge on any atom is 1.00 e. The van der Waals surface area contributed by atoms with Gasteiger partial charge in [-0.05, 0) is 74.9 Å². The van der Waals surface area contributed by atoms with Crippen molar-refractivity contribution < 1.29 is 96.2 Å². The minimum absolute atomic E-state index is 0. The molecule has 6 N–H and O–H groups in total. The zero-order valence-corrected chi connectivity index (χ0v) is 38.7. The molecule has 17 nitrogen and oxygen atoms in total. The fourth-order valence-electron chi connectivity index (χ4n) is 5.59. The minimum Gasteiger partial charge on any atom is -0.870 e. The average molecular weight is 891 g/mol. The fraction of sp³-hybridized carbons (Fsp3) is 0.158. The van der Waals surface area contributed by atoms with Crippen molar-refractivity contribution in [1.29, 1.82) is 0 Å². The van der Waals surface area contributed by atoms with Crippen molar-refractivity contribution in [1.82, 2.24) is 35.2 Å². The summed E-state index contributed by atoms with van der Waals surface area (Å²) in [5.74, 6) is 1.02. The predicted molar refractivity (Wildman–Crippen MR) is 213 cm³/mol. The number of hydrogen-bond donors (Lipinski definition) is 5. The summed E-state index contributed by atoms with van der Waals surface area (Å²) in [6.07, 6.45) is 2.83. The molecule has 302 valence electrons. The molecule has 2 aromatic heterocycles. The quantitative estimate of drug-likeness (QED) is 0.0304. The third-order valence-electron chi connectivity index (χ3n) is 8.18. The van der Waals surface area contributed by atoms with Crippen LogP contribution in [0.3, 0.4) is 0 Å².